The zero-order chi connectivity index (χ0) is 23.4. The van der Waals surface area contributed by atoms with Crippen LogP contribution in [0.1, 0.15) is 6.92 Å². The standard InChI is InChI=1S/C25H23N3O3S2/c1-4-14-28-24(30)18-15-21(17-10-6-5-7-11-17)33-23(18)27-25(28)32-16(2)22(29)26-19-12-8-9-13-20(19)31-3/h4-13,15-16H,1,14H2,2-3H3,(H,26,29). The molecule has 2 aromatic carbocycles. The zero-order valence-electron chi connectivity index (χ0n) is 18.3. The van der Waals surface area contributed by atoms with Crippen LogP contribution < -0.4 is 15.6 Å². The first-order chi connectivity index (χ1) is 16.0. The second-order valence-electron chi connectivity index (χ2n) is 7.24. The number of thioether (sulfide) groups is 1. The molecule has 4 aromatic rings. The van der Waals surface area contributed by atoms with Gasteiger partial charge in [-0.15, -0.1) is 17.9 Å². The van der Waals surface area contributed by atoms with E-state index >= 15 is 0 Å². The van der Waals surface area contributed by atoms with Gasteiger partial charge in [-0.3, -0.25) is 14.2 Å². The summed E-state index contributed by atoms with van der Waals surface area (Å²) in [7, 11) is 1.56. The molecule has 1 atom stereocenters. The Balaban J connectivity index is 1.65. The lowest BCUT2D eigenvalue weighted by Crippen LogP contribution is -2.26. The molecule has 2 heterocycles. The number of carbonyl (C=O) groups excluding carboxylic acids is 1. The number of methoxy groups -OCH3 is 1. The molecule has 6 nitrogen and oxygen atoms in total. The third-order valence-corrected chi connectivity index (χ3v) is 7.17. The highest BCUT2D eigenvalue weighted by molar-refractivity contribution is 8.00. The Bertz CT molecular complexity index is 1360. The van der Waals surface area contributed by atoms with E-state index in [0.717, 1.165) is 10.4 Å². The summed E-state index contributed by atoms with van der Waals surface area (Å²) >= 11 is 2.71. The lowest BCUT2D eigenvalue weighted by Gasteiger charge is -2.16. The van der Waals surface area contributed by atoms with E-state index in [2.05, 4.69) is 11.9 Å². The summed E-state index contributed by atoms with van der Waals surface area (Å²) in [5.41, 5.74) is 1.49. The van der Waals surface area contributed by atoms with Gasteiger partial charge in [-0.05, 0) is 30.7 Å². The predicted octanol–water partition coefficient (Wildman–Crippen LogP) is 5.44. The number of carbonyl (C=O) groups is 1. The lowest BCUT2D eigenvalue weighted by atomic mass is 10.2. The fourth-order valence-corrected chi connectivity index (χ4v) is 5.31. The smallest absolute Gasteiger partial charge is 0.263 e. The van der Waals surface area contributed by atoms with Gasteiger partial charge >= 0.3 is 0 Å². The highest BCUT2D eigenvalue weighted by atomic mass is 32.2. The molecule has 0 aliphatic rings. The number of aromatic nitrogens is 2. The number of nitrogens with zero attached hydrogens (tertiary/aromatic N) is 2. The van der Waals surface area contributed by atoms with Gasteiger partial charge in [-0.25, -0.2) is 4.98 Å². The quantitative estimate of drug-likeness (QED) is 0.208. The van der Waals surface area contributed by atoms with Crippen LogP contribution in [0.4, 0.5) is 5.69 Å². The van der Waals surface area contributed by atoms with Crippen LogP contribution >= 0.6 is 23.1 Å². The van der Waals surface area contributed by atoms with Gasteiger partial charge < -0.3 is 10.1 Å². The number of para-hydroxylation sites is 2. The molecule has 1 N–H and O–H groups in total. The van der Waals surface area contributed by atoms with Crippen molar-refractivity contribution in [3.8, 4) is 16.2 Å². The van der Waals surface area contributed by atoms with Crippen molar-refractivity contribution in [2.24, 2.45) is 0 Å². The van der Waals surface area contributed by atoms with Gasteiger partial charge in [0.15, 0.2) is 5.16 Å². The molecule has 2 aromatic heterocycles. The molecule has 1 amide bonds. The molecule has 33 heavy (non-hydrogen) atoms. The normalized spacial score (nSPS) is 11.8. The highest BCUT2D eigenvalue weighted by Crippen LogP contribution is 2.33. The number of hydrogen-bond donors (Lipinski definition) is 1. The molecule has 0 aliphatic carbocycles. The summed E-state index contributed by atoms with van der Waals surface area (Å²) in [6.07, 6.45) is 1.66. The van der Waals surface area contributed by atoms with Gasteiger partial charge in [0, 0.05) is 11.4 Å². The lowest BCUT2D eigenvalue weighted by molar-refractivity contribution is -0.115. The average molecular weight is 478 g/mol. The summed E-state index contributed by atoms with van der Waals surface area (Å²) in [5, 5.41) is 3.45. The number of fused-ring (bicyclic) bond motifs is 1. The minimum absolute atomic E-state index is 0.141. The Morgan fingerprint density at radius 3 is 2.70 bits per heavy atom. The maximum atomic E-state index is 13.3. The third kappa shape index (κ3) is 4.86. The van der Waals surface area contributed by atoms with E-state index in [9.17, 15) is 9.59 Å². The molecular weight excluding hydrogens is 454 g/mol. The molecule has 8 heteroatoms. The molecule has 0 spiro atoms. The second kappa shape index (κ2) is 10.1. The first-order valence-electron chi connectivity index (χ1n) is 10.3. The highest BCUT2D eigenvalue weighted by Gasteiger charge is 2.21. The van der Waals surface area contributed by atoms with E-state index in [1.807, 2.05) is 48.5 Å². The van der Waals surface area contributed by atoms with Crippen LogP contribution in [0.25, 0.3) is 20.7 Å². The molecule has 0 saturated carbocycles. The molecular formula is C25H23N3O3S2. The third-order valence-electron chi connectivity index (χ3n) is 5.00. The minimum Gasteiger partial charge on any atom is -0.495 e. The number of amides is 1. The maximum Gasteiger partial charge on any atom is 0.263 e. The van der Waals surface area contributed by atoms with Gasteiger partial charge in [0.1, 0.15) is 10.6 Å². The van der Waals surface area contributed by atoms with Crippen LogP contribution in [-0.2, 0) is 11.3 Å². The number of thiophene rings is 1. The van der Waals surface area contributed by atoms with Crippen LogP contribution in [0.3, 0.4) is 0 Å². The Morgan fingerprint density at radius 2 is 1.97 bits per heavy atom. The van der Waals surface area contributed by atoms with Crippen LogP contribution in [0.2, 0.25) is 0 Å². The fraction of sp³-hybridized carbons (Fsp3) is 0.160. The van der Waals surface area contributed by atoms with Crippen LogP contribution in [0.5, 0.6) is 5.75 Å². The van der Waals surface area contributed by atoms with E-state index in [4.69, 9.17) is 9.72 Å². The van der Waals surface area contributed by atoms with E-state index in [0.29, 0.717) is 33.4 Å². The number of hydrogen-bond acceptors (Lipinski definition) is 6. The first-order valence-corrected chi connectivity index (χ1v) is 12.0. The molecule has 0 fully saturated rings. The average Bonchev–Trinajstić information content (AvgIpc) is 3.27. The van der Waals surface area contributed by atoms with Crippen molar-refractivity contribution < 1.29 is 9.53 Å². The van der Waals surface area contributed by atoms with Gasteiger partial charge in [0.2, 0.25) is 5.91 Å². The van der Waals surface area contributed by atoms with Crippen molar-refractivity contribution >= 4 is 44.9 Å². The molecule has 168 valence electrons. The fourth-order valence-electron chi connectivity index (χ4n) is 3.32. The number of nitrogens with one attached hydrogen (secondary N) is 1. The topological polar surface area (TPSA) is 73.2 Å². The van der Waals surface area contributed by atoms with Crippen LogP contribution in [0.15, 0.2) is 83.3 Å². The summed E-state index contributed by atoms with van der Waals surface area (Å²) in [6, 6.07) is 19.0. The molecule has 0 saturated heterocycles. The summed E-state index contributed by atoms with van der Waals surface area (Å²) in [5.74, 6) is 0.373. The number of rotatable bonds is 8. The van der Waals surface area contributed by atoms with Crippen molar-refractivity contribution in [1.29, 1.82) is 0 Å². The number of allylic oxidation sites excluding steroid dienone is 1. The van der Waals surface area contributed by atoms with E-state index in [1.54, 1.807) is 36.8 Å². The molecule has 1 unspecified atom stereocenters. The van der Waals surface area contributed by atoms with Crippen molar-refractivity contribution in [3.63, 3.8) is 0 Å². The first kappa shape index (κ1) is 22.8. The molecule has 0 bridgehead atoms. The number of benzene rings is 2. The molecule has 0 radical (unpaired) electrons. The maximum absolute atomic E-state index is 13.3. The van der Waals surface area contributed by atoms with Crippen LogP contribution in [-0.4, -0.2) is 27.8 Å². The van der Waals surface area contributed by atoms with E-state index in [1.165, 1.54) is 23.1 Å². The van der Waals surface area contributed by atoms with Gasteiger partial charge in [-0.2, -0.15) is 0 Å². The van der Waals surface area contributed by atoms with E-state index in [-0.39, 0.29) is 11.5 Å². The van der Waals surface area contributed by atoms with Crippen molar-refractivity contribution in [3.05, 3.63) is 83.7 Å². The molecule has 0 aliphatic heterocycles. The van der Waals surface area contributed by atoms with Crippen molar-refractivity contribution in [2.75, 3.05) is 12.4 Å². The predicted molar refractivity (Wildman–Crippen MR) is 136 cm³/mol. The Hall–Kier alpha value is -3.36. The van der Waals surface area contributed by atoms with Gasteiger partial charge in [-0.1, -0.05) is 60.3 Å². The monoisotopic (exact) mass is 477 g/mol. The van der Waals surface area contributed by atoms with Gasteiger partial charge in [0.05, 0.1) is 23.4 Å². The summed E-state index contributed by atoms with van der Waals surface area (Å²) in [4.78, 5) is 32.5. The largest absolute Gasteiger partial charge is 0.495 e. The van der Waals surface area contributed by atoms with Crippen molar-refractivity contribution in [1.82, 2.24) is 9.55 Å². The Labute approximate surface area is 199 Å². The summed E-state index contributed by atoms with van der Waals surface area (Å²) in [6.45, 7) is 5.87. The SMILES string of the molecule is C=CCn1c(SC(C)C(=O)Nc2ccccc2OC)nc2sc(-c3ccccc3)cc2c1=O. The van der Waals surface area contributed by atoms with Crippen molar-refractivity contribution in [2.45, 2.75) is 23.9 Å². The van der Waals surface area contributed by atoms with E-state index < -0.39 is 5.25 Å². The molecule has 4 rings (SSSR count). The Morgan fingerprint density at radius 1 is 1.24 bits per heavy atom. The minimum atomic E-state index is -0.496. The summed E-state index contributed by atoms with van der Waals surface area (Å²) < 4.78 is 6.87. The number of anilines is 1. The second-order valence-corrected chi connectivity index (χ2v) is 9.58. The zero-order valence-corrected chi connectivity index (χ0v) is 19.9. The number of ether oxygens (including phenoxy) is 1. The Kier molecular flexibility index (Phi) is 6.96. The van der Waals surface area contributed by atoms with Gasteiger partial charge in [0.25, 0.3) is 5.56 Å². The van der Waals surface area contributed by atoms with Crippen LogP contribution in [0, 0.1) is 0 Å².